The zero-order chi connectivity index (χ0) is 17.1. The standard InChI is InChI=1S/C20H28N4O/c21-18-5-1-2-6-19(18)23-14-17-4-3-12-24(17)16-9-7-15(8-10-16)20-22-11-13-25-20/h7-11,13,17-19,23H,1-6,12,14,21H2. The van der Waals surface area contributed by atoms with E-state index in [2.05, 4.69) is 39.5 Å². The highest BCUT2D eigenvalue weighted by atomic mass is 16.3. The Morgan fingerprint density at radius 1 is 1.12 bits per heavy atom. The quantitative estimate of drug-likeness (QED) is 0.875. The lowest BCUT2D eigenvalue weighted by atomic mass is 9.91. The van der Waals surface area contributed by atoms with Crippen LogP contribution in [0.3, 0.4) is 0 Å². The molecule has 1 saturated carbocycles. The molecule has 3 atom stereocenters. The molecule has 1 saturated heterocycles. The Kier molecular flexibility index (Phi) is 5.04. The van der Waals surface area contributed by atoms with E-state index in [1.807, 2.05) is 0 Å². The van der Waals surface area contributed by atoms with Gasteiger partial charge in [0.15, 0.2) is 0 Å². The molecule has 25 heavy (non-hydrogen) atoms. The van der Waals surface area contributed by atoms with E-state index in [0.717, 1.165) is 25.1 Å². The molecule has 5 nitrogen and oxygen atoms in total. The average Bonchev–Trinajstić information content (AvgIpc) is 3.33. The van der Waals surface area contributed by atoms with Crippen molar-refractivity contribution in [2.45, 2.75) is 56.7 Å². The molecule has 1 aliphatic heterocycles. The first-order valence-electron chi connectivity index (χ1n) is 9.57. The number of anilines is 1. The van der Waals surface area contributed by atoms with Gasteiger partial charge < -0.3 is 20.4 Å². The van der Waals surface area contributed by atoms with Gasteiger partial charge in [0.1, 0.15) is 6.26 Å². The van der Waals surface area contributed by atoms with Gasteiger partial charge in [-0.3, -0.25) is 0 Å². The summed E-state index contributed by atoms with van der Waals surface area (Å²) in [5.74, 6) is 0.678. The van der Waals surface area contributed by atoms with Crippen molar-refractivity contribution in [3.8, 4) is 11.5 Å². The van der Waals surface area contributed by atoms with Gasteiger partial charge in [0, 0.05) is 42.5 Å². The van der Waals surface area contributed by atoms with Crippen LogP contribution in [0, 0.1) is 0 Å². The molecule has 3 N–H and O–H groups in total. The Morgan fingerprint density at radius 2 is 1.96 bits per heavy atom. The summed E-state index contributed by atoms with van der Waals surface area (Å²) in [6, 6.07) is 9.94. The first-order chi connectivity index (χ1) is 12.3. The van der Waals surface area contributed by atoms with Gasteiger partial charge in [-0.15, -0.1) is 0 Å². The molecule has 0 amide bonds. The third-order valence-corrected chi connectivity index (χ3v) is 5.69. The smallest absolute Gasteiger partial charge is 0.225 e. The minimum atomic E-state index is 0.323. The SMILES string of the molecule is NC1CCCCC1NCC1CCCN1c1ccc(-c2ncco2)cc1. The van der Waals surface area contributed by atoms with Crippen LogP contribution in [0.25, 0.3) is 11.5 Å². The topological polar surface area (TPSA) is 67.3 Å². The van der Waals surface area contributed by atoms with Crippen molar-refractivity contribution in [3.63, 3.8) is 0 Å². The Balaban J connectivity index is 1.39. The van der Waals surface area contributed by atoms with E-state index in [1.165, 1.54) is 37.8 Å². The Hall–Kier alpha value is -1.85. The number of rotatable bonds is 5. The molecule has 0 bridgehead atoms. The van der Waals surface area contributed by atoms with Crippen molar-refractivity contribution in [1.82, 2.24) is 10.3 Å². The van der Waals surface area contributed by atoms with E-state index in [9.17, 15) is 0 Å². The molecule has 0 radical (unpaired) electrons. The number of nitrogens with zero attached hydrogens (tertiary/aromatic N) is 2. The predicted octanol–water partition coefficient (Wildman–Crippen LogP) is 3.17. The highest BCUT2D eigenvalue weighted by molar-refractivity contribution is 5.59. The second kappa shape index (κ2) is 7.58. The minimum absolute atomic E-state index is 0.323. The molecule has 1 aromatic heterocycles. The summed E-state index contributed by atoms with van der Waals surface area (Å²) in [6.07, 6.45) is 10.8. The molecule has 4 rings (SSSR count). The molecule has 1 aromatic carbocycles. The summed E-state index contributed by atoms with van der Waals surface area (Å²) in [5.41, 5.74) is 8.59. The normalized spacial score (nSPS) is 26.9. The molecule has 1 aliphatic carbocycles. The van der Waals surface area contributed by atoms with Crippen LogP contribution in [0.5, 0.6) is 0 Å². The van der Waals surface area contributed by atoms with Crippen molar-refractivity contribution in [2.24, 2.45) is 5.73 Å². The molecule has 2 aromatic rings. The summed E-state index contributed by atoms with van der Waals surface area (Å²) >= 11 is 0. The number of benzene rings is 1. The average molecular weight is 340 g/mol. The predicted molar refractivity (Wildman–Crippen MR) is 101 cm³/mol. The van der Waals surface area contributed by atoms with Crippen LogP contribution in [-0.2, 0) is 0 Å². The van der Waals surface area contributed by atoms with Gasteiger partial charge in [-0.1, -0.05) is 12.8 Å². The Labute approximate surface area is 149 Å². The Bertz CT molecular complexity index is 655. The van der Waals surface area contributed by atoms with Gasteiger partial charge in [0.25, 0.3) is 0 Å². The largest absolute Gasteiger partial charge is 0.445 e. The van der Waals surface area contributed by atoms with Crippen molar-refractivity contribution in [3.05, 3.63) is 36.7 Å². The summed E-state index contributed by atoms with van der Waals surface area (Å²) in [4.78, 5) is 6.74. The maximum Gasteiger partial charge on any atom is 0.225 e. The Morgan fingerprint density at radius 3 is 2.72 bits per heavy atom. The molecule has 2 aliphatic rings. The third-order valence-electron chi connectivity index (χ3n) is 5.69. The van der Waals surface area contributed by atoms with Crippen LogP contribution < -0.4 is 16.0 Å². The number of nitrogens with one attached hydrogen (secondary N) is 1. The number of oxazole rings is 1. The second-order valence-corrected chi connectivity index (χ2v) is 7.34. The van der Waals surface area contributed by atoms with Crippen molar-refractivity contribution < 1.29 is 4.42 Å². The van der Waals surface area contributed by atoms with Crippen LogP contribution in [0.2, 0.25) is 0 Å². The maximum atomic E-state index is 6.28. The second-order valence-electron chi connectivity index (χ2n) is 7.34. The monoisotopic (exact) mass is 340 g/mol. The fraction of sp³-hybridized carbons (Fsp3) is 0.550. The lowest BCUT2D eigenvalue weighted by Gasteiger charge is -2.33. The summed E-state index contributed by atoms with van der Waals surface area (Å²) in [6.45, 7) is 2.15. The molecular weight excluding hydrogens is 312 g/mol. The van der Waals surface area contributed by atoms with Crippen LogP contribution in [-0.4, -0.2) is 36.2 Å². The number of nitrogens with two attached hydrogens (primary N) is 1. The van der Waals surface area contributed by atoms with Crippen molar-refractivity contribution in [1.29, 1.82) is 0 Å². The van der Waals surface area contributed by atoms with Crippen molar-refractivity contribution >= 4 is 5.69 Å². The van der Waals surface area contributed by atoms with E-state index >= 15 is 0 Å². The number of hydrogen-bond donors (Lipinski definition) is 2. The fourth-order valence-corrected chi connectivity index (χ4v) is 4.25. The van der Waals surface area contributed by atoms with Crippen LogP contribution in [0.4, 0.5) is 5.69 Å². The van der Waals surface area contributed by atoms with Gasteiger partial charge in [0.2, 0.25) is 5.89 Å². The number of hydrogen-bond acceptors (Lipinski definition) is 5. The van der Waals surface area contributed by atoms with E-state index < -0.39 is 0 Å². The van der Waals surface area contributed by atoms with Crippen molar-refractivity contribution in [2.75, 3.05) is 18.0 Å². The zero-order valence-corrected chi connectivity index (χ0v) is 14.7. The summed E-state index contributed by atoms with van der Waals surface area (Å²) in [7, 11) is 0. The lowest BCUT2D eigenvalue weighted by molar-refractivity contribution is 0.322. The molecule has 134 valence electrons. The van der Waals surface area contributed by atoms with Gasteiger partial charge in [-0.25, -0.2) is 4.98 Å². The minimum Gasteiger partial charge on any atom is -0.445 e. The molecule has 2 heterocycles. The van der Waals surface area contributed by atoms with Gasteiger partial charge >= 0.3 is 0 Å². The fourth-order valence-electron chi connectivity index (χ4n) is 4.25. The molecule has 3 unspecified atom stereocenters. The third kappa shape index (κ3) is 3.72. The first-order valence-corrected chi connectivity index (χ1v) is 9.57. The highest BCUT2D eigenvalue weighted by Crippen LogP contribution is 2.28. The summed E-state index contributed by atoms with van der Waals surface area (Å²) in [5, 5.41) is 3.76. The number of aromatic nitrogens is 1. The van der Waals surface area contributed by atoms with Crippen LogP contribution >= 0.6 is 0 Å². The van der Waals surface area contributed by atoms with E-state index in [-0.39, 0.29) is 0 Å². The van der Waals surface area contributed by atoms with Gasteiger partial charge in [-0.2, -0.15) is 0 Å². The molecule has 5 heteroatoms. The van der Waals surface area contributed by atoms with E-state index in [4.69, 9.17) is 10.2 Å². The molecule has 2 fully saturated rings. The molecule has 0 spiro atoms. The van der Waals surface area contributed by atoms with E-state index in [0.29, 0.717) is 24.0 Å². The molecular formula is C20H28N4O. The maximum absolute atomic E-state index is 6.28. The first kappa shape index (κ1) is 16.6. The van der Waals surface area contributed by atoms with Crippen LogP contribution in [0.15, 0.2) is 41.1 Å². The lowest BCUT2D eigenvalue weighted by Crippen LogP contribution is -2.50. The summed E-state index contributed by atoms with van der Waals surface area (Å²) < 4.78 is 5.38. The van der Waals surface area contributed by atoms with Gasteiger partial charge in [0.05, 0.1) is 6.20 Å². The highest BCUT2D eigenvalue weighted by Gasteiger charge is 2.27. The van der Waals surface area contributed by atoms with Crippen LogP contribution in [0.1, 0.15) is 38.5 Å². The van der Waals surface area contributed by atoms with E-state index in [1.54, 1.807) is 12.5 Å². The van der Waals surface area contributed by atoms with Gasteiger partial charge in [-0.05, 0) is 49.9 Å². The zero-order valence-electron chi connectivity index (χ0n) is 14.7.